The van der Waals surface area contributed by atoms with Crippen LogP contribution in [0.2, 0.25) is 10.0 Å². The fraction of sp³-hybridized carbons (Fsp3) is 0.464. The number of rotatable bonds is 6. The van der Waals surface area contributed by atoms with Gasteiger partial charge in [-0.15, -0.1) is 0 Å². The molecule has 4 rings (SSSR count). The van der Waals surface area contributed by atoms with Gasteiger partial charge in [-0.05, 0) is 49.1 Å². The summed E-state index contributed by atoms with van der Waals surface area (Å²) in [5.74, 6) is -0.185. The molecule has 0 aromatic heterocycles. The van der Waals surface area contributed by atoms with Gasteiger partial charge < -0.3 is 20.0 Å². The van der Waals surface area contributed by atoms with Crippen molar-refractivity contribution in [3.05, 3.63) is 64.1 Å². The van der Waals surface area contributed by atoms with Gasteiger partial charge in [0.05, 0.1) is 6.67 Å². The van der Waals surface area contributed by atoms with Crippen LogP contribution in [0.3, 0.4) is 0 Å². The second-order valence-electron chi connectivity index (χ2n) is 10.8. The van der Waals surface area contributed by atoms with E-state index in [1.54, 1.807) is 17.0 Å². The van der Waals surface area contributed by atoms with E-state index in [0.29, 0.717) is 55.6 Å². The molecule has 2 aliphatic rings. The van der Waals surface area contributed by atoms with Crippen molar-refractivity contribution < 1.29 is 14.4 Å². The Labute approximate surface area is 228 Å². The Morgan fingerprint density at radius 3 is 2.32 bits per heavy atom. The summed E-state index contributed by atoms with van der Waals surface area (Å²) in [6, 6.07) is 15.1. The van der Waals surface area contributed by atoms with Gasteiger partial charge in [0.25, 0.3) is 5.91 Å². The molecular formula is C28H34Cl2N4O3. The van der Waals surface area contributed by atoms with Crippen molar-refractivity contribution in [2.45, 2.75) is 45.6 Å². The van der Waals surface area contributed by atoms with Crippen LogP contribution in [0.25, 0.3) is 0 Å². The Hall–Kier alpha value is -2.77. The SMILES string of the molecule is CC(C)(C)C(=O)N1CCC2(CC1)C(=O)N(CC(=O)NCCc1ccc(Cl)cc1Cl)CN2c1ccccc1. The van der Waals surface area contributed by atoms with Crippen molar-refractivity contribution in [1.29, 1.82) is 0 Å². The van der Waals surface area contributed by atoms with Crippen LogP contribution >= 0.6 is 23.2 Å². The van der Waals surface area contributed by atoms with Crippen molar-refractivity contribution in [1.82, 2.24) is 15.1 Å². The van der Waals surface area contributed by atoms with E-state index in [-0.39, 0.29) is 24.3 Å². The quantitative estimate of drug-likeness (QED) is 0.586. The number of carbonyl (C=O) groups is 3. The maximum absolute atomic E-state index is 13.8. The lowest BCUT2D eigenvalue weighted by atomic mass is 9.84. The van der Waals surface area contributed by atoms with Crippen LogP contribution in [0.15, 0.2) is 48.5 Å². The highest BCUT2D eigenvalue weighted by atomic mass is 35.5. The Bertz CT molecular complexity index is 1160. The fourth-order valence-electron chi connectivity index (χ4n) is 5.17. The van der Waals surface area contributed by atoms with Gasteiger partial charge in [-0.3, -0.25) is 14.4 Å². The number of likely N-dealkylation sites (tertiary alicyclic amines) is 1. The predicted octanol–water partition coefficient (Wildman–Crippen LogP) is 4.37. The van der Waals surface area contributed by atoms with Crippen LogP contribution in [-0.4, -0.2) is 65.9 Å². The number of carbonyl (C=O) groups excluding carboxylic acids is 3. The number of amides is 3. The highest BCUT2D eigenvalue weighted by Gasteiger charge is 2.54. The summed E-state index contributed by atoms with van der Waals surface area (Å²) in [5.41, 5.74) is 0.595. The topological polar surface area (TPSA) is 73.0 Å². The Morgan fingerprint density at radius 2 is 1.70 bits per heavy atom. The van der Waals surface area contributed by atoms with Gasteiger partial charge >= 0.3 is 0 Å². The molecule has 0 atom stereocenters. The first kappa shape index (κ1) is 27.3. The van der Waals surface area contributed by atoms with Gasteiger partial charge in [0.2, 0.25) is 11.8 Å². The highest BCUT2D eigenvalue weighted by molar-refractivity contribution is 6.35. The summed E-state index contributed by atoms with van der Waals surface area (Å²) in [6.07, 6.45) is 1.61. The standard InChI is InChI=1S/C28H34Cl2N4O3/c1-27(2,3)25(36)32-15-12-28(13-16-32)26(37)33(19-34(28)22-7-5-4-6-8-22)18-24(35)31-14-11-20-9-10-21(29)17-23(20)30/h4-10,17H,11-16,18-19H2,1-3H3,(H,31,35). The molecular weight excluding hydrogens is 511 g/mol. The van der Waals surface area contributed by atoms with Crippen LogP contribution in [0.4, 0.5) is 5.69 Å². The molecule has 0 unspecified atom stereocenters. The van der Waals surface area contributed by atoms with Crippen LogP contribution < -0.4 is 10.2 Å². The third-order valence-electron chi connectivity index (χ3n) is 7.17. The molecule has 2 fully saturated rings. The van der Waals surface area contributed by atoms with E-state index >= 15 is 0 Å². The van der Waals surface area contributed by atoms with Crippen molar-refractivity contribution in [2.75, 3.05) is 37.7 Å². The first-order valence-corrected chi connectivity index (χ1v) is 13.4. The number of para-hydroxylation sites is 1. The number of nitrogens with zero attached hydrogens (tertiary/aromatic N) is 3. The first-order chi connectivity index (χ1) is 17.5. The Kier molecular flexibility index (Phi) is 8.05. The zero-order valence-corrected chi connectivity index (χ0v) is 23.1. The van der Waals surface area contributed by atoms with Crippen molar-refractivity contribution >= 4 is 46.6 Å². The molecule has 3 amide bonds. The predicted molar refractivity (Wildman–Crippen MR) is 147 cm³/mol. The molecule has 7 nitrogen and oxygen atoms in total. The number of benzene rings is 2. The molecule has 1 N–H and O–H groups in total. The van der Waals surface area contributed by atoms with E-state index in [1.807, 2.05) is 62.1 Å². The largest absolute Gasteiger partial charge is 0.354 e. The summed E-state index contributed by atoms with van der Waals surface area (Å²) in [4.78, 5) is 45.1. The molecule has 2 aromatic carbocycles. The van der Waals surface area contributed by atoms with E-state index in [0.717, 1.165) is 11.3 Å². The molecule has 37 heavy (non-hydrogen) atoms. The number of halogens is 2. The summed E-state index contributed by atoms with van der Waals surface area (Å²) in [5, 5.41) is 4.04. The van der Waals surface area contributed by atoms with Gasteiger partial charge in [0.1, 0.15) is 12.1 Å². The molecule has 9 heteroatoms. The van der Waals surface area contributed by atoms with Gasteiger partial charge in [-0.1, -0.05) is 68.2 Å². The van der Waals surface area contributed by atoms with E-state index in [4.69, 9.17) is 23.2 Å². The number of hydrogen-bond donors (Lipinski definition) is 1. The third-order valence-corrected chi connectivity index (χ3v) is 7.75. The summed E-state index contributed by atoms with van der Waals surface area (Å²) in [7, 11) is 0. The lowest BCUT2D eigenvalue weighted by Crippen LogP contribution is -2.58. The summed E-state index contributed by atoms with van der Waals surface area (Å²) < 4.78 is 0. The first-order valence-electron chi connectivity index (χ1n) is 12.6. The molecule has 2 aliphatic heterocycles. The van der Waals surface area contributed by atoms with Crippen molar-refractivity contribution in [2.24, 2.45) is 5.41 Å². The highest BCUT2D eigenvalue weighted by Crippen LogP contribution is 2.40. The molecule has 0 saturated carbocycles. The van der Waals surface area contributed by atoms with Crippen LogP contribution in [-0.2, 0) is 20.8 Å². The average molecular weight is 546 g/mol. The summed E-state index contributed by atoms with van der Waals surface area (Å²) in [6.45, 7) is 7.46. The number of nitrogens with one attached hydrogen (secondary N) is 1. The second kappa shape index (κ2) is 10.9. The molecule has 0 bridgehead atoms. The smallest absolute Gasteiger partial charge is 0.250 e. The lowest BCUT2D eigenvalue weighted by Gasteiger charge is -2.44. The minimum atomic E-state index is -0.771. The zero-order chi connectivity index (χ0) is 26.8. The van der Waals surface area contributed by atoms with Crippen molar-refractivity contribution in [3.8, 4) is 0 Å². The van der Waals surface area contributed by atoms with E-state index in [9.17, 15) is 14.4 Å². The van der Waals surface area contributed by atoms with E-state index in [2.05, 4.69) is 10.2 Å². The number of piperidine rings is 1. The molecule has 1 spiro atoms. The number of hydrogen-bond acceptors (Lipinski definition) is 4. The maximum Gasteiger partial charge on any atom is 0.250 e. The van der Waals surface area contributed by atoms with Crippen LogP contribution in [0, 0.1) is 5.41 Å². The average Bonchev–Trinajstić information content (AvgIpc) is 3.11. The normalized spacial score (nSPS) is 17.4. The van der Waals surface area contributed by atoms with Gasteiger partial charge in [0, 0.05) is 40.8 Å². The lowest BCUT2D eigenvalue weighted by molar-refractivity contribution is -0.144. The number of anilines is 1. The molecule has 0 radical (unpaired) electrons. The Morgan fingerprint density at radius 1 is 1.03 bits per heavy atom. The van der Waals surface area contributed by atoms with Gasteiger partial charge in [-0.2, -0.15) is 0 Å². The summed E-state index contributed by atoms with van der Waals surface area (Å²) >= 11 is 12.2. The van der Waals surface area contributed by atoms with Gasteiger partial charge in [-0.25, -0.2) is 0 Å². The van der Waals surface area contributed by atoms with Crippen molar-refractivity contribution in [3.63, 3.8) is 0 Å². The van der Waals surface area contributed by atoms with E-state index < -0.39 is 11.0 Å². The minimum absolute atomic E-state index is 0.0249. The molecule has 0 aliphatic carbocycles. The molecule has 2 aromatic rings. The third kappa shape index (κ3) is 5.88. The fourth-order valence-corrected chi connectivity index (χ4v) is 5.67. The van der Waals surface area contributed by atoms with Gasteiger partial charge in [0.15, 0.2) is 0 Å². The molecule has 198 valence electrons. The molecule has 2 heterocycles. The van der Waals surface area contributed by atoms with E-state index in [1.165, 1.54) is 0 Å². The minimum Gasteiger partial charge on any atom is -0.354 e. The maximum atomic E-state index is 13.8. The monoisotopic (exact) mass is 544 g/mol. The van der Waals surface area contributed by atoms with Crippen LogP contribution in [0.1, 0.15) is 39.2 Å². The molecule has 2 saturated heterocycles. The Balaban J connectivity index is 1.43. The van der Waals surface area contributed by atoms with Crippen LogP contribution in [0.5, 0.6) is 0 Å². The second-order valence-corrected chi connectivity index (χ2v) is 11.7. The zero-order valence-electron chi connectivity index (χ0n) is 21.6.